The second kappa shape index (κ2) is 10.9. The van der Waals surface area contributed by atoms with Gasteiger partial charge in [0.2, 0.25) is 15.9 Å². The van der Waals surface area contributed by atoms with Crippen LogP contribution in [0.1, 0.15) is 12.8 Å². The highest BCUT2D eigenvalue weighted by Crippen LogP contribution is 2.31. The number of carbonyl (C=O) groups is 2. The van der Waals surface area contributed by atoms with Gasteiger partial charge in [-0.3, -0.25) is 9.52 Å². The second-order valence-corrected chi connectivity index (χ2v) is 10.3. The molecule has 1 heterocycles. The van der Waals surface area contributed by atoms with Crippen molar-refractivity contribution in [3.05, 3.63) is 72.5 Å². The molecule has 0 unspecified atom stereocenters. The number of hydrogen-bond donors (Lipinski definition) is 3. The Morgan fingerprint density at radius 2 is 1.78 bits per heavy atom. The van der Waals surface area contributed by atoms with E-state index in [-0.39, 0.29) is 11.6 Å². The number of carbonyl (C=O) groups excluding carboxylic acids is 2. The van der Waals surface area contributed by atoms with Gasteiger partial charge in [-0.1, -0.05) is 30.3 Å². The van der Waals surface area contributed by atoms with Gasteiger partial charge in [0, 0.05) is 23.9 Å². The molecule has 37 heavy (non-hydrogen) atoms. The molecule has 3 aromatic rings. The largest absolute Gasteiger partial charge is 0.497 e. The number of amides is 3. The van der Waals surface area contributed by atoms with Crippen molar-refractivity contribution in [1.29, 1.82) is 0 Å². The number of ether oxygens (including phenoxy) is 1. The lowest BCUT2D eigenvalue weighted by atomic mass is 10.0. The lowest BCUT2D eigenvalue weighted by molar-refractivity contribution is -0.121. The highest BCUT2D eigenvalue weighted by molar-refractivity contribution is 7.92. The van der Waals surface area contributed by atoms with Crippen LogP contribution in [0.2, 0.25) is 0 Å². The molecular weight excluding hydrogens is 499 g/mol. The van der Waals surface area contributed by atoms with Crippen LogP contribution in [0.3, 0.4) is 0 Å². The topological polar surface area (TPSA) is 117 Å². The summed E-state index contributed by atoms with van der Waals surface area (Å²) in [7, 11) is -2.04. The van der Waals surface area contributed by atoms with E-state index in [9.17, 15) is 22.4 Å². The van der Waals surface area contributed by atoms with E-state index in [2.05, 4.69) is 15.4 Å². The molecule has 1 saturated heterocycles. The van der Waals surface area contributed by atoms with Crippen molar-refractivity contribution in [1.82, 2.24) is 5.32 Å². The molecule has 3 aromatic carbocycles. The minimum absolute atomic E-state index is 0.0281. The number of nitrogens with one attached hydrogen (secondary N) is 3. The predicted molar refractivity (Wildman–Crippen MR) is 141 cm³/mol. The van der Waals surface area contributed by atoms with Gasteiger partial charge in [-0.05, 0) is 48.7 Å². The van der Waals surface area contributed by atoms with Gasteiger partial charge < -0.3 is 20.3 Å². The van der Waals surface area contributed by atoms with Crippen molar-refractivity contribution in [3.8, 4) is 16.9 Å². The van der Waals surface area contributed by atoms with E-state index < -0.39 is 27.9 Å². The zero-order valence-corrected chi connectivity index (χ0v) is 21.1. The maximum atomic E-state index is 14.2. The SMILES string of the molecule is COc1ccc(NC(=O)N[C@@H]2CCCN(c3ccc(-c4ccccc4NS(C)(=O)=O)cc3)C2=O)c(F)c1. The summed E-state index contributed by atoms with van der Waals surface area (Å²) < 4.78 is 45.1. The van der Waals surface area contributed by atoms with Gasteiger partial charge in [0.05, 0.1) is 24.7 Å². The number of hydrogen-bond acceptors (Lipinski definition) is 5. The van der Waals surface area contributed by atoms with Gasteiger partial charge in [0.25, 0.3) is 0 Å². The van der Waals surface area contributed by atoms with E-state index in [1.165, 1.54) is 19.2 Å². The Bertz CT molecular complexity index is 1410. The van der Waals surface area contributed by atoms with Crippen molar-refractivity contribution < 1.29 is 27.1 Å². The molecule has 3 amide bonds. The molecule has 9 nitrogen and oxygen atoms in total. The van der Waals surface area contributed by atoms with Crippen LogP contribution in [0.25, 0.3) is 11.1 Å². The number of halogens is 1. The van der Waals surface area contributed by atoms with Crippen LogP contribution in [-0.2, 0) is 14.8 Å². The monoisotopic (exact) mass is 526 g/mol. The van der Waals surface area contributed by atoms with Gasteiger partial charge in [0.15, 0.2) is 0 Å². The summed E-state index contributed by atoms with van der Waals surface area (Å²) in [5.41, 5.74) is 2.55. The summed E-state index contributed by atoms with van der Waals surface area (Å²) >= 11 is 0. The van der Waals surface area contributed by atoms with E-state index in [0.29, 0.717) is 42.1 Å². The molecule has 0 bridgehead atoms. The normalized spacial score (nSPS) is 15.7. The summed E-state index contributed by atoms with van der Waals surface area (Å²) in [5, 5.41) is 5.07. The summed E-state index contributed by atoms with van der Waals surface area (Å²) in [5.74, 6) is -0.606. The highest BCUT2D eigenvalue weighted by Gasteiger charge is 2.31. The lowest BCUT2D eigenvalue weighted by Crippen LogP contribution is -2.53. The molecule has 0 saturated carbocycles. The van der Waals surface area contributed by atoms with Crippen LogP contribution in [0, 0.1) is 5.82 Å². The Morgan fingerprint density at radius 3 is 2.46 bits per heavy atom. The quantitative estimate of drug-likeness (QED) is 0.427. The molecule has 194 valence electrons. The molecule has 0 aromatic heterocycles. The summed E-state index contributed by atoms with van der Waals surface area (Å²) in [6, 6.07) is 16.8. The molecule has 3 N–H and O–H groups in total. The lowest BCUT2D eigenvalue weighted by Gasteiger charge is -2.32. The number of rotatable bonds is 7. The molecule has 0 radical (unpaired) electrons. The number of methoxy groups -OCH3 is 1. The van der Waals surface area contributed by atoms with E-state index in [0.717, 1.165) is 17.9 Å². The number of piperidine rings is 1. The highest BCUT2D eigenvalue weighted by atomic mass is 32.2. The third-order valence-electron chi connectivity index (χ3n) is 5.88. The van der Waals surface area contributed by atoms with Crippen LogP contribution in [0.15, 0.2) is 66.7 Å². The van der Waals surface area contributed by atoms with Crippen molar-refractivity contribution in [3.63, 3.8) is 0 Å². The van der Waals surface area contributed by atoms with Crippen molar-refractivity contribution in [2.24, 2.45) is 0 Å². The van der Waals surface area contributed by atoms with Gasteiger partial charge in [0.1, 0.15) is 17.6 Å². The molecule has 1 aliphatic heterocycles. The maximum Gasteiger partial charge on any atom is 0.319 e. The molecule has 4 rings (SSSR count). The average Bonchev–Trinajstić information content (AvgIpc) is 2.86. The number of anilines is 3. The van der Waals surface area contributed by atoms with Crippen molar-refractivity contribution in [2.75, 3.05) is 34.8 Å². The van der Waals surface area contributed by atoms with Crippen molar-refractivity contribution in [2.45, 2.75) is 18.9 Å². The number of sulfonamides is 1. The molecule has 0 aliphatic carbocycles. The van der Waals surface area contributed by atoms with Crippen LogP contribution in [0.4, 0.5) is 26.2 Å². The first-order valence-electron chi connectivity index (χ1n) is 11.5. The van der Waals surface area contributed by atoms with E-state index >= 15 is 0 Å². The molecular formula is C26H27FN4O5S. The van der Waals surface area contributed by atoms with Gasteiger partial charge >= 0.3 is 6.03 Å². The Hall–Kier alpha value is -4.12. The number of para-hydroxylation sites is 1. The zero-order chi connectivity index (χ0) is 26.6. The smallest absolute Gasteiger partial charge is 0.319 e. The fourth-order valence-electron chi connectivity index (χ4n) is 4.15. The Morgan fingerprint density at radius 1 is 1.05 bits per heavy atom. The number of nitrogens with zero attached hydrogens (tertiary/aromatic N) is 1. The van der Waals surface area contributed by atoms with Gasteiger partial charge in [-0.15, -0.1) is 0 Å². The fraction of sp³-hybridized carbons (Fsp3) is 0.231. The first kappa shape index (κ1) is 26.0. The molecule has 11 heteroatoms. The Balaban J connectivity index is 1.45. The maximum absolute atomic E-state index is 14.2. The molecule has 1 fully saturated rings. The zero-order valence-electron chi connectivity index (χ0n) is 20.3. The van der Waals surface area contributed by atoms with Crippen LogP contribution >= 0.6 is 0 Å². The molecule has 0 spiro atoms. The first-order chi connectivity index (χ1) is 17.6. The van der Waals surface area contributed by atoms with Gasteiger partial charge in [-0.25, -0.2) is 17.6 Å². The van der Waals surface area contributed by atoms with Crippen LogP contribution < -0.4 is 25.0 Å². The minimum Gasteiger partial charge on any atom is -0.497 e. The number of urea groups is 1. The second-order valence-electron chi connectivity index (χ2n) is 8.60. The van der Waals surface area contributed by atoms with E-state index in [1.807, 2.05) is 18.2 Å². The fourth-order valence-corrected chi connectivity index (χ4v) is 4.73. The molecule has 1 aliphatic rings. The predicted octanol–water partition coefficient (Wildman–Crippen LogP) is 4.19. The minimum atomic E-state index is -3.45. The summed E-state index contributed by atoms with van der Waals surface area (Å²) in [6.45, 7) is 0.483. The van der Waals surface area contributed by atoms with Crippen molar-refractivity contribution >= 4 is 39.0 Å². The summed E-state index contributed by atoms with van der Waals surface area (Å²) in [6.07, 6.45) is 2.21. The summed E-state index contributed by atoms with van der Waals surface area (Å²) in [4.78, 5) is 27.2. The van der Waals surface area contributed by atoms with Crippen LogP contribution in [-0.4, -0.2) is 46.3 Å². The third kappa shape index (κ3) is 6.36. The first-order valence-corrected chi connectivity index (χ1v) is 13.4. The average molecular weight is 527 g/mol. The Kier molecular flexibility index (Phi) is 7.63. The number of benzene rings is 3. The standard InChI is InChI=1S/C26H27FN4O5S/c1-36-19-13-14-23(21(27)16-19)28-26(33)29-24-8-5-15-31(25(24)32)18-11-9-17(10-12-18)20-6-3-4-7-22(20)30-37(2,34)35/h3-4,6-7,9-14,16,24,30H,5,8,15H2,1-2H3,(H2,28,29,33)/t24-/m1/s1. The third-order valence-corrected chi connectivity index (χ3v) is 6.47. The van der Waals surface area contributed by atoms with Crippen LogP contribution in [0.5, 0.6) is 5.75 Å². The van der Waals surface area contributed by atoms with E-state index in [1.54, 1.807) is 35.2 Å². The Labute approximate surface area is 214 Å². The molecule has 1 atom stereocenters. The van der Waals surface area contributed by atoms with Gasteiger partial charge in [-0.2, -0.15) is 0 Å². The van der Waals surface area contributed by atoms with E-state index in [4.69, 9.17) is 4.74 Å².